The van der Waals surface area contributed by atoms with Crippen molar-refractivity contribution >= 4 is 46.4 Å². The maximum Gasteiger partial charge on any atom is 0.0977 e. The van der Waals surface area contributed by atoms with E-state index in [-0.39, 0.29) is 0 Å². The van der Waals surface area contributed by atoms with Crippen LogP contribution >= 0.6 is 46.4 Å². The smallest absolute Gasteiger partial charge is 0.0977 e. The first kappa shape index (κ1) is 20.2. The molecule has 0 radical (unpaired) electrons. The zero-order valence-corrected chi connectivity index (χ0v) is 17.1. The van der Waals surface area contributed by atoms with Crippen LogP contribution in [0.5, 0.6) is 0 Å². The summed E-state index contributed by atoms with van der Waals surface area (Å²) in [6.45, 7) is 1.21. The van der Waals surface area contributed by atoms with Crippen molar-refractivity contribution in [2.24, 2.45) is 5.92 Å². The molecule has 2 aromatic rings. The van der Waals surface area contributed by atoms with E-state index in [9.17, 15) is 10.2 Å². The Labute approximate surface area is 173 Å². The molecule has 1 saturated heterocycles. The fourth-order valence-corrected chi connectivity index (χ4v) is 4.14. The highest BCUT2D eigenvalue weighted by molar-refractivity contribution is 6.42. The molecule has 2 N–H and O–H groups in total. The maximum atomic E-state index is 11.5. The number of halogens is 4. The minimum absolute atomic E-state index is 0.366. The zero-order chi connectivity index (χ0) is 19.1. The molecule has 1 heterocycles. The SMILES string of the molecule is CN1CCC(O)(c2ccc(Cl)c(Cl)c2)C([C@@H](O)c2ccc(Cl)c(Cl)c2)C1. The highest BCUT2D eigenvalue weighted by atomic mass is 35.5. The Morgan fingerprint density at radius 3 is 2.23 bits per heavy atom. The molecule has 0 amide bonds. The third-order valence-corrected chi connectivity index (χ3v) is 6.56. The van der Waals surface area contributed by atoms with Crippen LogP contribution in [0.3, 0.4) is 0 Å². The van der Waals surface area contributed by atoms with E-state index in [1.165, 1.54) is 0 Å². The van der Waals surface area contributed by atoms with Gasteiger partial charge in [-0.15, -0.1) is 0 Å². The number of benzene rings is 2. The molecule has 2 aromatic carbocycles. The van der Waals surface area contributed by atoms with E-state index in [0.29, 0.717) is 50.7 Å². The maximum absolute atomic E-state index is 11.5. The molecule has 140 valence electrons. The van der Waals surface area contributed by atoms with E-state index < -0.39 is 17.6 Å². The van der Waals surface area contributed by atoms with Gasteiger partial charge < -0.3 is 15.1 Å². The molecule has 1 aliphatic rings. The second-order valence-electron chi connectivity index (χ2n) is 6.79. The van der Waals surface area contributed by atoms with E-state index in [4.69, 9.17) is 46.4 Å². The predicted octanol–water partition coefficient (Wildman–Crippen LogP) is 5.17. The Bertz CT molecular complexity index is 816. The largest absolute Gasteiger partial charge is 0.388 e. The monoisotopic (exact) mass is 433 g/mol. The van der Waals surface area contributed by atoms with E-state index in [0.717, 1.165) is 0 Å². The standard InChI is InChI=1S/C19H19Cl4NO2/c1-24-7-6-19(26,12-3-5-15(21)17(23)9-12)13(10-24)18(25)11-2-4-14(20)16(22)8-11/h2-5,8-9,13,18,25-26H,6-7,10H2,1H3/t13?,18-,19?/m0/s1. The molecule has 3 rings (SSSR count). The molecule has 0 saturated carbocycles. The van der Waals surface area contributed by atoms with Gasteiger partial charge in [0.15, 0.2) is 0 Å². The Kier molecular flexibility index (Phi) is 6.10. The van der Waals surface area contributed by atoms with E-state index >= 15 is 0 Å². The van der Waals surface area contributed by atoms with Gasteiger partial charge in [-0.05, 0) is 48.9 Å². The van der Waals surface area contributed by atoms with Gasteiger partial charge in [-0.1, -0.05) is 58.5 Å². The lowest BCUT2D eigenvalue weighted by molar-refractivity contribution is -0.118. The first-order valence-electron chi connectivity index (χ1n) is 8.22. The van der Waals surface area contributed by atoms with Crippen molar-refractivity contribution in [1.82, 2.24) is 4.90 Å². The van der Waals surface area contributed by atoms with Gasteiger partial charge >= 0.3 is 0 Å². The van der Waals surface area contributed by atoms with E-state index in [1.54, 1.807) is 36.4 Å². The zero-order valence-electron chi connectivity index (χ0n) is 14.1. The quantitative estimate of drug-likeness (QED) is 0.699. The summed E-state index contributed by atoms with van der Waals surface area (Å²) in [4.78, 5) is 2.08. The summed E-state index contributed by atoms with van der Waals surface area (Å²) in [5, 5.41) is 24.2. The number of hydrogen-bond donors (Lipinski definition) is 2. The van der Waals surface area contributed by atoms with Gasteiger partial charge in [-0.25, -0.2) is 0 Å². The van der Waals surface area contributed by atoms with Crippen LogP contribution in [0.15, 0.2) is 36.4 Å². The van der Waals surface area contributed by atoms with Crippen LogP contribution in [0.4, 0.5) is 0 Å². The molecule has 7 heteroatoms. The Balaban J connectivity index is 2.02. The normalized spacial score (nSPS) is 25.3. The Morgan fingerprint density at radius 2 is 1.62 bits per heavy atom. The molecular formula is C19H19Cl4NO2. The van der Waals surface area contributed by atoms with Crippen molar-refractivity contribution in [2.75, 3.05) is 20.1 Å². The third-order valence-electron chi connectivity index (χ3n) is 5.08. The van der Waals surface area contributed by atoms with E-state index in [2.05, 4.69) is 4.90 Å². The molecule has 0 bridgehead atoms. The summed E-state index contributed by atoms with van der Waals surface area (Å²) >= 11 is 24.3. The summed E-state index contributed by atoms with van der Waals surface area (Å²) in [5.41, 5.74) is 0.00834. The fourth-order valence-electron chi connectivity index (χ4n) is 3.54. The summed E-state index contributed by atoms with van der Waals surface area (Å²) in [6.07, 6.45) is -0.461. The van der Waals surface area contributed by atoms with Crippen LogP contribution < -0.4 is 0 Å². The van der Waals surface area contributed by atoms with Crippen LogP contribution in [0.2, 0.25) is 20.1 Å². The highest BCUT2D eigenvalue weighted by Crippen LogP contribution is 2.45. The van der Waals surface area contributed by atoms with Gasteiger partial charge in [0, 0.05) is 19.0 Å². The summed E-state index contributed by atoms with van der Waals surface area (Å²) in [6, 6.07) is 10.1. The lowest BCUT2D eigenvalue weighted by Crippen LogP contribution is -2.51. The number of rotatable bonds is 3. The average molecular weight is 435 g/mol. The average Bonchev–Trinajstić information content (AvgIpc) is 2.61. The second kappa shape index (κ2) is 7.84. The molecular weight excluding hydrogens is 416 g/mol. The van der Waals surface area contributed by atoms with Crippen molar-refractivity contribution < 1.29 is 10.2 Å². The summed E-state index contributed by atoms with van der Waals surface area (Å²) < 4.78 is 0. The first-order valence-corrected chi connectivity index (χ1v) is 9.73. The van der Waals surface area contributed by atoms with Crippen molar-refractivity contribution in [2.45, 2.75) is 18.1 Å². The molecule has 3 nitrogen and oxygen atoms in total. The molecule has 2 unspecified atom stereocenters. The van der Waals surface area contributed by atoms with Crippen LogP contribution in [-0.4, -0.2) is 35.3 Å². The molecule has 3 atom stereocenters. The Morgan fingerprint density at radius 1 is 1.00 bits per heavy atom. The molecule has 0 aromatic heterocycles. The van der Waals surface area contributed by atoms with Gasteiger partial charge in [0.05, 0.1) is 31.8 Å². The van der Waals surface area contributed by atoms with Gasteiger partial charge in [-0.3, -0.25) is 0 Å². The van der Waals surface area contributed by atoms with Gasteiger partial charge in [0.1, 0.15) is 0 Å². The van der Waals surface area contributed by atoms with Crippen LogP contribution in [0.1, 0.15) is 23.7 Å². The van der Waals surface area contributed by atoms with Gasteiger partial charge in [0.2, 0.25) is 0 Å². The van der Waals surface area contributed by atoms with Crippen LogP contribution in [0, 0.1) is 5.92 Å². The van der Waals surface area contributed by atoms with Crippen molar-refractivity contribution in [3.8, 4) is 0 Å². The van der Waals surface area contributed by atoms with Crippen LogP contribution in [0.25, 0.3) is 0 Å². The predicted molar refractivity (Wildman–Crippen MR) is 107 cm³/mol. The molecule has 26 heavy (non-hydrogen) atoms. The lowest BCUT2D eigenvalue weighted by atomic mass is 9.72. The lowest BCUT2D eigenvalue weighted by Gasteiger charge is -2.46. The third kappa shape index (κ3) is 3.85. The van der Waals surface area contributed by atoms with Gasteiger partial charge in [0.25, 0.3) is 0 Å². The number of aliphatic hydroxyl groups excluding tert-OH is 1. The molecule has 0 spiro atoms. The second-order valence-corrected chi connectivity index (χ2v) is 8.42. The summed E-state index contributed by atoms with van der Waals surface area (Å²) in [7, 11) is 1.96. The molecule has 1 aliphatic heterocycles. The number of hydrogen-bond acceptors (Lipinski definition) is 3. The Hall–Kier alpha value is -0.520. The minimum Gasteiger partial charge on any atom is -0.388 e. The topological polar surface area (TPSA) is 43.7 Å². The minimum atomic E-state index is -1.24. The highest BCUT2D eigenvalue weighted by Gasteiger charge is 2.46. The molecule has 0 aliphatic carbocycles. The van der Waals surface area contributed by atoms with E-state index in [1.807, 2.05) is 7.05 Å². The fraction of sp³-hybridized carbons (Fsp3) is 0.368. The van der Waals surface area contributed by atoms with Crippen molar-refractivity contribution in [3.63, 3.8) is 0 Å². The number of nitrogens with zero attached hydrogens (tertiary/aromatic N) is 1. The molecule has 1 fully saturated rings. The van der Waals surface area contributed by atoms with Gasteiger partial charge in [-0.2, -0.15) is 0 Å². The van der Waals surface area contributed by atoms with Crippen molar-refractivity contribution in [1.29, 1.82) is 0 Å². The first-order chi connectivity index (χ1) is 12.2. The van der Waals surface area contributed by atoms with Crippen LogP contribution in [-0.2, 0) is 5.60 Å². The number of aliphatic hydroxyl groups is 2. The van der Waals surface area contributed by atoms with Crippen molar-refractivity contribution in [3.05, 3.63) is 67.6 Å². The number of likely N-dealkylation sites (tertiary alicyclic amines) is 1. The number of piperidine rings is 1. The summed E-state index contributed by atoms with van der Waals surface area (Å²) in [5.74, 6) is -0.476.